The molecule has 2 heterocycles. The summed E-state index contributed by atoms with van der Waals surface area (Å²) in [5.74, 6) is 0. The predicted molar refractivity (Wildman–Crippen MR) is 71.0 cm³/mol. The smallest absolute Gasteiger partial charge is 0.156 e. The average molecular weight is 269 g/mol. The van der Waals surface area contributed by atoms with Crippen molar-refractivity contribution >= 4 is 28.8 Å². The van der Waals surface area contributed by atoms with Gasteiger partial charge in [-0.2, -0.15) is 0 Å². The van der Waals surface area contributed by atoms with Crippen LogP contribution in [-0.4, -0.2) is 9.38 Å². The Labute approximate surface area is 111 Å². The summed E-state index contributed by atoms with van der Waals surface area (Å²) in [4.78, 5) is 4.63. The van der Waals surface area contributed by atoms with Crippen molar-refractivity contribution in [2.45, 2.75) is 33.1 Å². The number of aryl methyl sites for hydroxylation is 1. The molecule has 0 unspecified atom stereocenters. The Bertz CT molecular complexity index is 599. The van der Waals surface area contributed by atoms with Gasteiger partial charge in [-0.1, -0.05) is 37.0 Å². The summed E-state index contributed by atoms with van der Waals surface area (Å²) < 4.78 is 2.06. The zero-order valence-corrected chi connectivity index (χ0v) is 11.4. The molecule has 2 nitrogen and oxygen atoms in total. The number of imidazole rings is 1. The van der Waals surface area contributed by atoms with Gasteiger partial charge in [-0.3, -0.25) is 0 Å². The van der Waals surface area contributed by atoms with Crippen molar-refractivity contribution in [3.8, 4) is 0 Å². The van der Waals surface area contributed by atoms with E-state index in [0.717, 1.165) is 18.5 Å². The van der Waals surface area contributed by atoms with Crippen molar-refractivity contribution in [2.24, 2.45) is 5.41 Å². The Kier molecular flexibility index (Phi) is 2.43. The molecule has 0 spiro atoms. The lowest BCUT2D eigenvalue weighted by Crippen LogP contribution is -2.22. The molecule has 90 valence electrons. The summed E-state index contributed by atoms with van der Waals surface area (Å²) in [5.41, 5.74) is 3.60. The molecular formula is C13H14Cl2N2. The van der Waals surface area contributed by atoms with E-state index in [1.807, 2.05) is 6.20 Å². The SMILES string of the molecule is CC1(C)CCc2nc3c(Cl)cc(Cl)cn3c2C1. The highest BCUT2D eigenvalue weighted by Crippen LogP contribution is 2.36. The fourth-order valence-electron chi connectivity index (χ4n) is 2.55. The molecule has 0 bridgehead atoms. The van der Waals surface area contributed by atoms with Gasteiger partial charge >= 0.3 is 0 Å². The molecule has 2 aromatic heterocycles. The van der Waals surface area contributed by atoms with E-state index >= 15 is 0 Å². The van der Waals surface area contributed by atoms with E-state index in [-0.39, 0.29) is 0 Å². The zero-order valence-electron chi connectivity index (χ0n) is 9.93. The lowest BCUT2D eigenvalue weighted by molar-refractivity contribution is 0.309. The van der Waals surface area contributed by atoms with Gasteiger partial charge in [-0.05, 0) is 30.7 Å². The third-order valence-electron chi connectivity index (χ3n) is 3.51. The minimum absolute atomic E-state index is 0.331. The maximum absolute atomic E-state index is 6.19. The number of rotatable bonds is 0. The lowest BCUT2D eigenvalue weighted by atomic mass is 9.78. The molecule has 0 radical (unpaired) electrons. The van der Waals surface area contributed by atoms with E-state index in [0.29, 0.717) is 15.5 Å². The number of aromatic nitrogens is 2. The molecule has 0 saturated carbocycles. The Morgan fingerprint density at radius 1 is 1.35 bits per heavy atom. The van der Waals surface area contributed by atoms with E-state index in [9.17, 15) is 0 Å². The summed E-state index contributed by atoms with van der Waals surface area (Å²) in [6, 6.07) is 1.75. The van der Waals surface area contributed by atoms with Crippen molar-refractivity contribution in [3.05, 3.63) is 33.7 Å². The Balaban J connectivity index is 2.28. The largest absolute Gasteiger partial charge is 0.301 e. The second-order valence-electron chi connectivity index (χ2n) is 5.55. The highest BCUT2D eigenvalue weighted by molar-refractivity contribution is 6.36. The lowest BCUT2D eigenvalue weighted by Gasteiger charge is -2.28. The van der Waals surface area contributed by atoms with Gasteiger partial charge in [0.15, 0.2) is 5.65 Å². The molecule has 3 rings (SSSR count). The van der Waals surface area contributed by atoms with E-state index in [1.165, 1.54) is 17.8 Å². The normalized spacial score (nSPS) is 18.4. The number of hydrogen-bond acceptors (Lipinski definition) is 1. The summed E-state index contributed by atoms with van der Waals surface area (Å²) in [7, 11) is 0. The van der Waals surface area contributed by atoms with E-state index in [1.54, 1.807) is 6.07 Å². The van der Waals surface area contributed by atoms with Gasteiger partial charge in [0, 0.05) is 11.9 Å². The third kappa shape index (κ3) is 1.84. The van der Waals surface area contributed by atoms with E-state index in [4.69, 9.17) is 23.2 Å². The molecule has 1 aliphatic carbocycles. The maximum Gasteiger partial charge on any atom is 0.156 e. The first-order valence-electron chi connectivity index (χ1n) is 5.81. The van der Waals surface area contributed by atoms with Crippen LogP contribution in [0.4, 0.5) is 0 Å². The quantitative estimate of drug-likeness (QED) is 0.702. The highest BCUT2D eigenvalue weighted by atomic mass is 35.5. The van der Waals surface area contributed by atoms with Crippen LogP contribution in [0, 0.1) is 5.41 Å². The van der Waals surface area contributed by atoms with Crippen molar-refractivity contribution in [2.75, 3.05) is 0 Å². The van der Waals surface area contributed by atoms with Gasteiger partial charge in [0.1, 0.15) is 0 Å². The summed E-state index contributed by atoms with van der Waals surface area (Å²) in [5, 5.41) is 1.29. The molecular weight excluding hydrogens is 255 g/mol. The Morgan fingerprint density at radius 3 is 2.88 bits per heavy atom. The van der Waals surface area contributed by atoms with Crippen LogP contribution in [0.5, 0.6) is 0 Å². The van der Waals surface area contributed by atoms with E-state index < -0.39 is 0 Å². The van der Waals surface area contributed by atoms with Gasteiger partial charge in [0.05, 0.1) is 15.7 Å². The average Bonchev–Trinajstić information content (AvgIpc) is 2.55. The second kappa shape index (κ2) is 3.63. The molecule has 0 aliphatic heterocycles. The van der Waals surface area contributed by atoms with Crippen LogP contribution < -0.4 is 0 Å². The van der Waals surface area contributed by atoms with Crippen LogP contribution in [0.1, 0.15) is 31.7 Å². The first-order chi connectivity index (χ1) is 7.96. The van der Waals surface area contributed by atoms with Crippen molar-refractivity contribution in [1.82, 2.24) is 9.38 Å². The maximum atomic E-state index is 6.19. The molecule has 1 aliphatic rings. The molecule has 0 amide bonds. The monoisotopic (exact) mass is 268 g/mol. The van der Waals surface area contributed by atoms with Crippen LogP contribution in [0.25, 0.3) is 5.65 Å². The van der Waals surface area contributed by atoms with Gasteiger partial charge in [0.25, 0.3) is 0 Å². The number of halogens is 2. The Morgan fingerprint density at radius 2 is 2.12 bits per heavy atom. The summed E-state index contributed by atoms with van der Waals surface area (Å²) >= 11 is 12.2. The van der Waals surface area contributed by atoms with Crippen molar-refractivity contribution in [1.29, 1.82) is 0 Å². The first kappa shape index (κ1) is 11.4. The van der Waals surface area contributed by atoms with E-state index in [2.05, 4.69) is 23.2 Å². The molecule has 4 heteroatoms. The van der Waals surface area contributed by atoms with Crippen molar-refractivity contribution in [3.63, 3.8) is 0 Å². The molecule has 2 aromatic rings. The first-order valence-corrected chi connectivity index (χ1v) is 6.57. The Hall–Kier alpha value is -0.730. The number of nitrogens with zero attached hydrogens (tertiary/aromatic N) is 2. The van der Waals surface area contributed by atoms with Gasteiger partial charge in [0.2, 0.25) is 0 Å². The van der Waals surface area contributed by atoms with Crippen molar-refractivity contribution < 1.29 is 0 Å². The fourth-order valence-corrected chi connectivity index (χ4v) is 3.07. The van der Waals surface area contributed by atoms with Crippen LogP contribution in [0.2, 0.25) is 10.0 Å². The molecule has 0 saturated heterocycles. The zero-order chi connectivity index (χ0) is 12.2. The number of fused-ring (bicyclic) bond motifs is 3. The molecule has 0 atom stereocenters. The van der Waals surface area contributed by atoms with Gasteiger partial charge in [-0.25, -0.2) is 4.98 Å². The number of pyridine rings is 1. The van der Waals surface area contributed by atoms with Gasteiger partial charge < -0.3 is 4.40 Å². The predicted octanol–water partition coefficient (Wildman–Crippen LogP) is 4.16. The molecule has 0 N–H and O–H groups in total. The molecule has 17 heavy (non-hydrogen) atoms. The van der Waals surface area contributed by atoms with Gasteiger partial charge in [-0.15, -0.1) is 0 Å². The minimum Gasteiger partial charge on any atom is -0.301 e. The topological polar surface area (TPSA) is 17.3 Å². The van der Waals surface area contributed by atoms with Crippen LogP contribution in [0.15, 0.2) is 12.3 Å². The fraction of sp³-hybridized carbons (Fsp3) is 0.462. The standard InChI is InChI=1S/C13H14Cl2N2/c1-13(2)4-3-10-11(6-13)17-7-8(14)5-9(15)12(17)16-10/h5,7H,3-4,6H2,1-2H3. The second-order valence-corrected chi connectivity index (χ2v) is 6.39. The molecule has 0 aromatic carbocycles. The third-order valence-corrected chi connectivity index (χ3v) is 3.99. The summed E-state index contributed by atoms with van der Waals surface area (Å²) in [6.07, 6.45) is 5.14. The van der Waals surface area contributed by atoms with Crippen LogP contribution in [-0.2, 0) is 12.8 Å². The number of hydrogen-bond donors (Lipinski definition) is 0. The molecule has 0 fully saturated rings. The summed E-state index contributed by atoms with van der Waals surface area (Å²) in [6.45, 7) is 4.59. The minimum atomic E-state index is 0.331. The van der Waals surface area contributed by atoms with Crippen LogP contribution >= 0.6 is 23.2 Å². The van der Waals surface area contributed by atoms with Crippen LogP contribution in [0.3, 0.4) is 0 Å². The highest BCUT2D eigenvalue weighted by Gasteiger charge is 2.29.